The third-order valence-electron chi connectivity index (χ3n) is 2.31. The zero-order valence-corrected chi connectivity index (χ0v) is 6.32. The van der Waals surface area contributed by atoms with Gasteiger partial charge in [0.05, 0.1) is 0 Å². The van der Waals surface area contributed by atoms with Crippen LogP contribution in [0.3, 0.4) is 0 Å². The van der Waals surface area contributed by atoms with Gasteiger partial charge in [-0.15, -0.1) is 0 Å². The Kier molecular flexibility index (Phi) is 2.64. The topological polar surface area (TPSA) is 0 Å². The molecule has 0 saturated heterocycles. The van der Waals surface area contributed by atoms with E-state index in [2.05, 4.69) is 0 Å². The standard InChI is InChI=1S/C8H14F2/c1-6-2-3-7(9)4-5-8(6)10/h6-8H,2-5H2,1H3. The lowest BCUT2D eigenvalue weighted by molar-refractivity contribution is 0.227. The molecule has 0 nitrogen and oxygen atoms in total. The van der Waals surface area contributed by atoms with Crippen molar-refractivity contribution < 1.29 is 8.78 Å². The van der Waals surface area contributed by atoms with E-state index in [9.17, 15) is 8.78 Å². The van der Waals surface area contributed by atoms with Crippen molar-refractivity contribution in [3.8, 4) is 0 Å². The van der Waals surface area contributed by atoms with Crippen LogP contribution in [0.2, 0.25) is 0 Å². The summed E-state index contributed by atoms with van der Waals surface area (Å²) in [5.74, 6) is 0.0701. The Morgan fingerprint density at radius 1 is 1.00 bits per heavy atom. The Labute approximate surface area is 60.6 Å². The quantitative estimate of drug-likeness (QED) is 0.463. The van der Waals surface area contributed by atoms with Gasteiger partial charge >= 0.3 is 0 Å². The molecular formula is C8H14F2. The zero-order valence-electron chi connectivity index (χ0n) is 6.32. The van der Waals surface area contributed by atoms with E-state index in [4.69, 9.17) is 0 Å². The van der Waals surface area contributed by atoms with Gasteiger partial charge < -0.3 is 0 Å². The smallest absolute Gasteiger partial charge is 0.103 e. The van der Waals surface area contributed by atoms with E-state index in [-0.39, 0.29) is 5.92 Å². The number of hydrogen-bond acceptors (Lipinski definition) is 0. The van der Waals surface area contributed by atoms with Gasteiger partial charge in [-0.25, -0.2) is 8.78 Å². The van der Waals surface area contributed by atoms with Crippen LogP contribution in [-0.2, 0) is 0 Å². The number of halogens is 2. The Bertz CT molecular complexity index is 91.4. The number of rotatable bonds is 0. The Hall–Kier alpha value is -0.140. The van der Waals surface area contributed by atoms with Crippen molar-refractivity contribution >= 4 is 0 Å². The van der Waals surface area contributed by atoms with Crippen LogP contribution < -0.4 is 0 Å². The van der Waals surface area contributed by atoms with Crippen molar-refractivity contribution in [1.82, 2.24) is 0 Å². The molecular weight excluding hydrogens is 134 g/mol. The maximum atomic E-state index is 12.8. The van der Waals surface area contributed by atoms with Gasteiger partial charge in [0.2, 0.25) is 0 Å². The molecule has 3 atom stereocenters. The van der Waals surface area contributed by atoms with Gasteiger partial charge in [0.1, 0.15) is 12.3 Å². The highest BCUT2D eigenvalue weighted by Gasteiger charge is 2.23. The van der Waals surface area contributed by atoms with Crippen LogP contribution in [0.4, 0.5) is 8.78 Å². The summed E-state index contributed by atoms with van der Waals surface area (Å²) in [5, 5.41) is 0. The first-order valence-corrected chi connectivity index (χ1v) is 3.98. The molecule has 1 aliphatic carbocycles. The van der Waals surface area contributed by atoms with Crippen LogP contribution in [0.15, 0.2) is 0 Å². The third kappa shape index (κ3) is 1.93. The highest BCUT2D eigenvalue weighted by molar-refractivity contribution is 4.73. The van der Waals surface area contributed by atoms with Gasteiger partial charge in [-0.05, 0) is 31.6 Å². The largest absolute Gasteiger partial charge is 0.247 e. The molecule has 10 heavy (non-hydrogen) atoms. The van der Waals surface area contributed by atoms with Crippen LogP contribution >= 0.6 is 0 Å². The van der Waals surface area contributed by atoms with E-state index in [1.807, 2.05) is 6.92 Å². The Morgan fingerprint density at radius 3 is 2.30 bits per heavy atom. The summed E-state index contributed by atoms with van der Waals surface area (Å²) >= 11 is 0. The molecule has 0 radical (unpaired) electrons. The van der Waals surface area contributed by atoms with Gasteiger partial charge in [-0.2, -0.15) is 0 Å². The molecule has 2 heteroatoms. The molecule has 60 valence electrons. The van der Waals surface area contributed by atoms with Gasteiger partial charge in [0.15, 0.2) is 0 Å². The zero-order chi connectivity index (χ0) is 7.56. The molecule has 0 N–H and O–H groups in total. The predicted molar refractivity (Wildman–Crippen MR) is 37.4 cm³/mol. The summed E-state index contributed by atoms with van der Waals surface area (Å²) in [4.78, 5) is 0. The average molecular weight is 148 g/mol. The summed E-state index contributed by atoms with van der Waals surface area (Å²) in [6.07, 6.45) is 0.599. The monoisotopic (exact) mass is 148 g/mol. The van der Waals surface area contributed by atoms with Crippen molar-refractivity contribution in [2.75, 3.05) is 0 Å². The second-order valence-corrected chi connectivity index (χ2v) is 3.25. The first-order valence-electron chi connectivity index (χ1n) is 3.98. The third-order valence-corrected chi connectivity index (χ3v) is 2.31. The highest BCUT2D eigenvalue weighted by Crippen LogP contribution is 2.26. The van der Waals surface area contributed by atoms with Gasteiger partial charge in [-0.1, -0.05) is 6.92 Å². The molecule has 0 aromatic heterocycles. The first-order chi connectivity index (χ1) is 4.70. The molecule has 1 fully saturated rings. The van der Waals surface area contributed by atoms with E-state index >= 15 is 0 Å². The molecule has 1 saturated carbocycles. The van der Waals surface area contributed by atoms with E-state index in [1.165, 1.54) is 0 Å². The van der Waals surface area contributed by atoms with Gasteiger partial charge in [0, 0.05) is 0 Å². The highest BCUT2D eigenvalue weighted by atomic mass is 19.1. The Balaban J connectivity index is 2.38. The fourth-order valence-corrected chi connectivity index (χ4v) is 1.39. The normalized spacial score (nSPS) is 42.9. The van der Waals surface area contributed by atoms with Crippen molar-refractivity contribution in [3.05, 3.63) is 0 Å². The molecule has 0 spiro atoms. The summed E-state index contributed by atoms with van der Waals surface area (Å²) in [6.45, 7) is 1.86. The molecule has 0 heterocycles. The summed E-state index contributed by atoms with van der Waals surface area (Å²) in [6, 6.07) is 0. The molecule has 0 amide bonds. The van der Waals surface area contributed by atoms with Crippen molar-refractivity contribution in [1.29, 1.82) is 0 Å². The van der Waals surface area contributed by atoms with Gasteiger partial charge in [-0.3, -0.25) is 0 Å². The second kappa shape index (κ2) is 3.31. The van der Waals surface area contributed by atoms with Crippen LogP contribution in [0.1, 0.15) is 32.6 Å². The molecule has 0 bridgehead atoms. The lowest BCUT2D eigenvalue weighted by Crippen LogP contribution is -2.09. The number of hydrogen-bond donors (Lipinski definition) is 0. The molecule has 0 aromatic carbocycles. The fraction of sp³-hybridized carbons (Fsp3) is 1.00. The average Bonchev–Trinajstić information content (AvgIpc) is 2.04. The molecule has 3 unspecified atom stereocenters. The van der Waals surface area contributed by atoms with Crippen LogP contribution in [-0.4, -0.2) is 12.3 Å². The van der Waals surface area contributed by atoms with Crippen molar-refractivity contribution in [2.24, 2.45) is 5.92 Å². The number of alkyl halides is 2. The van der Waals surface area contributed by atoms with E-state index in [0.717, 1.165) is 0 Å². The van der Waals surface area contributed by atoms with Crippen molar-refractivity contribution in [2.45, 2.75) is 45.0 Å². The first kappa shape index (κ1) is 7.96. The molecule has 1 aliphatic rings. The summed E-state index contributed by atoms with van der Waals surface area (Å²) in [5.41, 5.74) is 0. The maximum Gasteiger partial charge on any atom is 0.103 e. The van der Waals surface area contributed by atoms with Gasteiger partial charge in [0.25, 0.3) is 0 Å². The molecule has 0 aliphatic heterocycles. The Morgan fingerprint density at radius 2 is 1.60 bits per heavy atom. The van der Waals surface area contributed by atoms with E-state index in [0.29, 0.717) is 25.7 Å². The summed E-state index contributed by atoms with van der Waals surface area (Å²) in [7, 11) is 0. The minimum absolute atomic E-state index is 0.0701. The SMILES string of the molecule is CC1CCC(F)CCC1F. The minimum Gasteiger partial charge on any atom is -0.247 e. The fourth-order valence-electron chi connectivity index (χ4n) is 1.39. The predicted octanol–water partition coefficient (Wildman–Crippen LogP) is 2.87. The minimum atomic E-state index is -0.763. The van der Waals surface area contributed by atoms with E-state index < -0.39 is 12.3 Å². The molecule has 1 rings (SSSR count). The molecule has 0 aromatic rings. The summed E-state index contributed by atoms with van der Waals surface area (Å²) < 4.78 is 25.5. The lowest BCUT2D eigenvalue weighted by Gasteiger charge is -2.10. The van der Waals surface area contributed by atoms with Crippen LogP contribution in [0.5, 0.6) is 0 Å². The maximum absolute atomic E-state index is 12.8. The van der Waals surface area contributed by atoms with Crippen molar-refractivity contribution in [3.63, 3.8) is 0 Å². The van der Waals surface area contributed by atoms with Crippen LogP contribution in [0, 0.1) is 5.92 Å². The van der Waals surface area contributed by atoms with Crippen LogP contribution in [0.25, 0.3) is 0 Å². The lowest BCUT2D eigenvalue weighted by atomic mass is 10.0. The van der Waals surface area contributed by atoms with E-state index in [1.54, 1.807) is 0 Å². The second-order valence-electron chi connectivity index (χ2n) is 3.25.